The first-order chi connectivity index (χ1) is 10.3. The van der Waals surface area contributed by atoms with Crippen LogP contribution in [-0.4, -0.2) is 11.1 Å². The van der Waals surface area contributed by atoms with Gasteiger partial charge in [0.1, 0.15) is 0 Å². The third-order valence-electron chi connectivity index (χ3n) is 2.86. The van der Waals surface area contributed by atoms with Crippen LogP contribution in [0.5, 0.6) is 0 Å². The number of rotatable bonds is 3. The molecule has 6 heteroatoms. The van der Waals surface area contributed by atoms with E-state index in [9.17, 15) is 18.0 Å². The highest BCUT2D eigenvalue weighted by atomic mass is 35.5. The maximum Gasteiger partial charge on any atom is 0.416 e. The molecule has 2 aromatic rings. The second-order valence-corrected chi connectivity index (χ2v) is 4.96. The van der Waals surface area contributed by atoms with Gasteiger partial charge in [0, 0.05) is 11.1 Å². The number of carboxylic acids is 1. The van der Waals surface area contributed by atoms with Crippen molar-refractivity contribution in [2.75, 3.05) is 0 Å². The highest BCUT2D eigenvalue weighted by molar-refractivity contribution is 6.31. The molecule has 0 radical (unpaired) electrons. The number of carbonyl (C=O) groups is 1. The van der Waals surface area contributed by atoms with Gasteiger partial charge in [0.15, 0.2) is 0 Å². The maximum absolute atomic E-state index is 12.7. The predicted molar refractivity (Wildman–Crippen MR) is 78.6 cm³/mol. The number of aliphatic carboxylic acids is 1. The fourth-order valence-electron chi connectivity index (χ4n) is 1.92. The lowest BCUT2D eigenvalue weighted by molar-refractivity contribution is -0.137. The molecule has 22 heavy (non-hydrogen) atoms. The highest BCUT2D eigenvalue weighted by Crippen LogP contribution is 2.33. The van der Waals surface area contributed by atoms with Crippen molar-refractivity contribution in [2.45, 2.75) is 6.18 Å². The lowest BCUT2D eigenvalue weighted by Crippen LogP contribution is -2.04. The number of alkyl halides is 3. The van der Waals surface area contributed by atoms with Crippen LogP contribution < -0.4 is 0 Å². The molecule has 0 bridgehead atoms. The summed E-state index contributed by atoms with van der Waals surface area (Å²) in [5.41, 5.74) is 0.556. The van der Waals surface area contributed by atoms with Gasteiger partial charge in [0.05, 0.1) is 5.56 Å². The minimum absolute atomic E-state index is 0.306. The molecule has 2 nitrogen and oxygen atoms in total. The average Bonchev–Trinajstić information content (AvgIpc) is 2.44. The molecule has 0 fully saturated rings. The summed E-state index contributed by atoms with van der Waals surface area (Å²) in [6.45, 7) is 0. The summed E-state index contributed by atoms with van der Waals surface area (Å²) in [6.07, 6.45) is -2.17. The van der Waals surface area contributed by atoms with E-state index in [1.807, 2.05) is 0 Å². The van der Waals surface area contributed by atoms with Crippen LogP contribution in [-0.2, 0) is 11.0 Å². The molecule has 0 unspecified atom stereocenters. The van der Waals surface area contributed by atoms with Gasteiger partial charge in [-0.05, 0) is 53.1 Å². The molecule has 1 N–H and O–H groups in total. The van der Waals surface area contributed by atoms with Crippen LogP contribution in [0.1, 0.15) is 11.1 Å². The van der Waals surface area contributed by atoms with Crippen molar-refractivity contribution in [2.24, 2.45) is 0 Å². The molecule has 0 amide bonds. The van der Waals surface area contributed by atoms with E-state index in [4.69, 9.17) is 16.7 Å². The minimum atomic E-state index is -4.43. The largest absolute Gasteiger partial charge is 0.478 e. The van der Waals surface area contributed by atoms with E-state index in [0.717, 1.165) is 18.2 Å². The molecule has 0 aliphatic heterocycles. The Kier molecular flexibility index (Phi) is 4.56. The summed E-state index contributed by atoms with van der Waals surface area (Å²) in [4.78, 5) is 10.5. The van der Waals surface area contributed by atoms with E-state index in [1.165, 1.54) is 30.3 Å². The van der Waals surface area contributed by atoms with Gasteiger partial charge in [-0.15, -0.1) is 0 Å². The molecule has 2 aromatic carbocycles. The van der Waals surface area contributed by atoms with E-state index < -0.39 is 17.7 Å². The molecule has 114 valence electrons. The van der Waals surface area contributed by atoms with Crippen LogP contribution in [0.3, 0.4) is 0 Å². The van der Waals surface area contributed by atoms with Crippen molar-refractivity contribution in [3.05, 3.63) is 64.7 Å². The smallest absolute Gasteiger partial charge is 0.416 e. The predicted octanol–water partition coefficient (Wildman–Crippen LogP) is 5.12. The first-order valence-electron chi connectivity index (χ1n) is 6.15. The molecule has 0 aliphatic carbocycles. The quantitative estimate of drug-likeness (QED) is 0.794. The van der Waals surface area contributed by atoms with Crippen LogP contribution in [0.25, 0.3) is 17.2 Å². The number of halogens is 4. The Bertz CT molecular complexity index is 736. The second-order valence-electron chi connectivity index (χ2n) is 4.52. The number of hydrogen-bond acceptors (Lipinski definition) is 1. The van der Waals surface area contributed by atoms with Crippen molar-refractivity contribution in [3.63, 3.8) is 0 Å². The van der Waals surface area contributed by atoms with Crippen LogP contribution in [0.2, 0.25) is 5.02 Å². The van der Waals surface area contributed by atoms with Gasteiger partial charge >= 0.3 is 12.1 Å². The van der Waals surface area contributed by atoms with E-state index in [-0.39, 0.29) is 0 Å². The number of benzene rings is 2. The van der Waals surface area contributed by atoms with E-state index in [1.54, 1.807) is 6.07 Å². The minimum Gasteiger partial charge on any atom is -0.478 e. The topological polar surface area (TPSA) is 37.3 Å². The van der Waals surface area contributed by atoms with E-state index in [0.29, 0.717) is 21.7 Å². The van der Waals surface area contributed by atoms with Gasteiger partial charge in [-0.2, -0.15) is 13.2 Å². The summed E-state index contributed by atoms with van der Waals surface area (Å²) in [7, 11) is 0. The summed E-state index contributed by atoms with van der Waals surface area (Å²) in [6, 6.07) is 9.47. The fraction of sp³-hybridized carbons (Fsp3) is 0.0625. The number of carboxylic acid groups (broad SMARTS) is 1. The van der Waals surface area contributed by atoms with Gasteiger partial charge in [0.2, 0.25) is 0 Å². The summed E-state index contributed by atoms with van der Waals surface area (Å²) < 4.78 is 38.2. The Morgan fingerprint density at radius 1 is 1.09 bits per heavy atom. The maximum atomic E-state index is 12.7. The Morgan fingerprint density at radius 2 is 1.82 bits per heavy atom. The van der Waals surface area contributed by atoms with Crippen LogP contribution in [0, 0.1) is 0 Å². The SMILES string of the molecule is O=C(O)/C=C/c1cc(Cl)cc(-c2cccc(C(F)(F)F)c2)c1. The Hall–Kier alpha value is -2.27. The van der Waals surface area contributed by atoms with Gasteiger partial charge in [-0.25, -0.2) is 4.79 Å². The average molecular weight is 327 g/mol. The Balaban J connectivity index is 2.47. The zero-order valence-electron chi connectivity index (χ0n) is 11.1. The van der Waals surface area contributed by atoms with Crippen LogP contribution in [0.4, 0.5) is 13.2 Å². The Morgan fingerprint density at radius 3 is 2.45 bits per heavy atom. The molecule has 0 aliphatic rings. The standard InChI is InChI=1S/C16H10ClF3O2/c17-14-7-10(4-5-15(21)22)6-12(9-14)11-2-1-3-13(8-11)16(18,19)20/h1-9H,(H,21,22)/b5-4+. The van der Waals surface area contributed by atoms with Gasteiger partial charge in [0.25, 0.3) is 0 Å². The Labute approximate surface area is 129 Å². The lowest BCUT2D eigenvalue weighted by atomic mass is 10.0. The molecule has 0 atom stereocenters. The molecule has 0 aromatic heterocycles. The molecular weight excluding hydrogens is 317 g/mol. The van der Waals surface area contributed by atoms with Crippen molar-refractivity contribution >= 4 is 23.6 Å². The van der Waals surface area contributed by atoms with Crippen molar-refractivity contribution in [1.29, 1.82) is 0 Å². The normalized spacial score (nSPS) is 11.8. The molecule has 0 saturated carbocycles. The van der Waals surface area contributed by atoms with Crippen molar-refractivity contribution in [3.8, 4) is 11.1 Å². The van der Waals surface area contributed by atoms with Crippen molar-refractivity contribution in [1.82, 2.24) is 0 Å². The fourth-order valence-corrected chi connectivity index (χ4v) is 2.16. The van der Waals surface area contributed by atoms with E-state index >= 15 is 0 Å². The summed E-state index contributed by atoms with van der Waals surface area (Å²) in [5, 5.41) is 8.92. The van der Waals surface area contributed by atoms with Gasteiger partial charge in [-0.3, -0.25) is 0 Å². The third kappa shape index (κ3) is 4.11. The summed E-state index contributed by atoms with van der Waals surface area (Å²) >= 11 is 5.94. The summed E-state index contributed by atoms with van der Waals surface area (Å²) in [5.74, 6) is -1.12. The van der Waals surface area contributed by atoms with Crippen molar-refractivity contribution < 1.29 is 23.1 Å². The highest BCUT2D eigenvalue weighted by Gasteiger charge is 2.30. The monoisotopic (exact) mass is 326 g/mol. The zero-order chi connectivity index (χ0) is 16.3. The lowest BCUT2D eigenvalue weighted by Gasteiger charge is -2.10. The first-order valence-corrected chi connectivity index (χ1v) is 6.53. The second kappa shape index (κ2) is 6.23. The van der Waals surface area contributed by atoms with Gasteiger partial charge in [-0.1, -0.05) is 23.7 Å². The number of hydrogen-bond donors (Lipinski definition) is 1. The molecule has 0 heterocycles. The molecule has 2 rings (SSSR count). The van der Waals surface area contributed by atoms with E-state index in [2.05, 4.69) is 0 Å². The molecule has 0 saturated heterocycles. The van der Waals surface area contributed by atoms with Crippen LogP contribution >= 0.6 is 11.6 Å². The zero-order valence-corrected chi connectivity index (χ0v) is 11.8. The first kappa shape index (κ1) is 16.1. The van der Waals surface area contributed by atoms with Gasteiger partial charge < -0.3 is 5.11 Å². The van der Waals surface area contributed by atoms with Crippen LogP contribution in [0.15, 0.2) is 48.5 Å². The molecule has 0 spiro atoms. The molecular formula is C16H10ClF3O2. The third-order valence-corrected chi connectivity index (χ3v) is 3.08.